The number of hydrogen-bond acceptors (Lipinski definition) is 3. The molecule has 1 aliphatic rings. The predicted octanol–water partition coefficient (Wildman–Crippen LogP) is 3.22. The van der Waals surface area contributed by atoms with Crippen molar-refractivity contribution in [2.45, 2.75) is 38.6 Å². The second kappa shape index (κ2) is 8.28. The van der Waals surface area contributed by atoms with Gasteiger partial charge in [-0.2, -0.15) is 0 Å². The van der Waals surface area contributed by atoms with E-state index in [0.717, 1.165) is 18.8 Å². The molecule has 1 unspecified atom stereocenters. The van der Waals surface area contributed by atoms with Crippen LogP contribution in [-0.2, 0) is 0 Å². The van der Waals surface area contributed by atoms with Gasteiger partial charge in [-0.15, -0.1) is 0 Å². The van der Waals surface area contributed by atoms with E-state index < -0.39 is 0 Å². The van der Waals surface area contributed by atoms with E-state index in [-0.39, 0.29) is 0 Å². The number of nitrogens with zero attached hydrogens (tertiary/aromatic N) is 1. The van der Waals surface area contributed by atoms with Crippen LogP contribution in [0.3, 0.4) is 0 Å². The summed E-state index contributed by atoms with van der Waals surface area (Å²) in [5.74, 6) is 0.934. The molecule has 1 saturated heterocycles. The number of benzene rings is 1. The van der Waals surface area contributed by atoms with Crippen molar-refractivity contribution in [2.24, 2.45) is 0 Å². The lowest BCUT2D eigenvalue weighted by Gasteiger charge is -2.22. The lowest BCUT2D eigenvalue weighted by Crippen LogP contribution is -2.33. The standard InChI is InChI=1S/C17H28N2O/c1-15(16-8-7-9-17(14-16)20-2)18-10-13-19-11-5-3-4-6-12-19/h7-9,14-15,18H,3-6,10-13H2,1-2H3. The lowest BCUT2D eigenvalue weighted by molar-refractivity contribution is 0.280. The van der Waals surface area contributed by atoms with Crippen molar-refractivity contribution in [1.29, 1.82) is 0 Å². The zero-order chi connectivity index (χ0) is 14.2. The van der Waals surface area contributed by atoms with Crippen LogP contribution in [0.1, 0.15) is 44.2 Å². The summed E-state index contributed by atoms with van der Waals surface area (Å²) < 4.78 is 5.28. The zero-order valence-electron chi connectivity index (χ0n) is 12.9. The largest absolute Gasteiger partial charge is 0.497 e. The van der Waals surface area contributed by atoms with Crippen molar-refractivity contribution < 1.29 is 4.74 Å². The summed E-state index contributed by atoms with van der Waals surface area (Å²) in [6.45, 7) is 6.98. The average Bonchev–Trinajstić information content (AvgIpc) is 2.76. The Labute approximate surface area is 123 Å². The van der Waals surface area contributed by atoms with Crippen LogP contribution in [-0.4, -0.2) is 38.2 Å². The highest BCUT2D eigenvalue weighted by Crippen LogP contribution is 2.18. The SMILES string of the molecule is COc1cccc(C(C)NCCN2CCCCCC2)c1. The van der Waals surface area contributed by atoms with Gasteiger partial charge in [0.15, 0.2) is 0 Å². The predicted molar refractivity (Wildman–Crippen MR) is 84.3 cm³/mol. The highest BCUT2D eigenvalue weighted by molar-refractivity contribution is 5.30. The Balaban J connectivity index is 1.75. The molecule has 20 heavy (non-hydrogen) atoms. The topological polar surface area (TPSA) is 24.5 Å². The van der Waals surface area contributed by atoms with Crippen LogP contribution in [0.5, 0.6) is 5.75 Å². The van der Waals surface area contributed by atoms with Crippen molar-refractivity contribution in [3.8, 4) is 5.75 Å². The molecule has 1 heterocycles. The van der Waals surface area contributed by atoms with Gasteiger partial charge in [-0.25, -0.2) is 0 Å². The van der Waals surface area contributed by atoms with Gasteiger partial charge in [-0.05, 0) is 50.6 Å². The van der Waals surface area contributed by atoms with Crippen LogP contribution < -0.4 is 10.1 Å². The monoisotopic (exact) mass is 276 g/mol. The van der Waals surface area contributed by atoms with Gasteiger partial charge in [0.05, 0.1) is 7.11 Å². The summed E-state index contributed by atoms with van der Waals surface area (Å²) >= 11 is 0. The Morgan fingerprint density at radius 1 is 1.20 bits per heavy atom. The lowest BCUT2D eigenvalue weighted by atomic mass is 10.1. The van der Waals surface area contributed by atoms with Crippen molar-refractivity contribution in [3.05, 3.63) is 29.8 Å². The Morgan fingerprint density at radius 3 is 2.65 bits per heavy atom. The summed E-state index contributed by atoms with van der Waals surface area (Å²) in [6.07, 6.45) is 5.55. The minimum absolute atomic E-state index is 0.372. The molecule has 1 aromatic rings. The second-order valence-electron chi connectivity index (χ2n) is 5.71. The molecule has 0 spiro atoms. The molecule has 1 aromatic carbocycles. The summed E-state index contributed by atoms with van der Waals surface area (Å²) in [4.78, 5) is 2.60. The smallest absolute Gasteiger partial charge is 0.119 e. The third kappa shape index (κ3) is 4.80. The van der Waals surface area contributed by atoms with Crippen molar-refractivity contribution in [1.82, 2.24) is 10.2 Å². The molecule has 2 rings (SSSR count). The van der Waals surface area contributed by atoms with Gasteiger partial charge in [-0.3, -0.25) is 0 Å². The minimum atomic E-state index is 0.372. The molecule has 1 N–H and O–H groups in total. The first-order valence-corrected chi connectivity index (χ1v) is 7.89. The highest BCUT2D eigenvalue weighted by Gasteiger charge is 2.10. The average molecular weight is 276 g/mol. The maximum atomic E-state index is 5.28. The van der Waals surface area contributed by atoms with Crippen LogP contribution in [0.4, 0.5) is 0 Å². The third-order valence-electron chi connectivity index (χ3n) is 4.17. The van der Waals surface area contributed by atoms with E-state index in [1.807, 2.05) is 6.07 Å². The Kier molecular flexibility index (Phi) is 6.34. The number of likely N-dealkylation sites (tertiary alicyclic amines) is 1. The van der Waals surface area contributed by atoms with Gasteiger partial charge in [0.25, 0.3) is 0 Å². The second-order valence-corrected chi connectivity index (χ2v) is 5.71. The molecule has 3 heteroatoms. The molecule has 0 radical (unpaired) electrons. The fraction of sp³-hybridized carbons (Fsp3) is 0.647. The van der Waals surface area contributed by atoms with E-state index in [1.165, 1.54) is 44.3 Å². The first kappa shape index (κ1) is 15.3. The summed E-state index contributed by atoms with van der Waals surface area (Å²) in [5, 5.41) is 3.62. The van der Waals surface area contributed by atoms with E-state index in [0.29, 0.717) is 6.04 Å². The minimum Gasteiger partial charge on any atom is -0.497 e. The maximum absolute atomic E-state index is 5.28. The van der Waals surface area contributed by atoms with Gasteiger partial charge in [0, 0.05) is 19.1 Å². The van der Waals surface area contributed by atoms with E-state index in [4.69, 9.17) is 4.74 Å². The first-order valence-electron chi connectivity index (χ1n) is 7.89. The zero-order valence-corrected chi connectivity index (χ0v) is 12.9. The molecule has 1 aliphatic heterocycles. The Morgan fingerprint density at radius 2 is 1.95 bits per heavy atom. The normalized spacial score (nSPS) is 18.5. The van der Waals surface area contributed by atoms with Gasteiger partial charge in [-0.1, -0.05) is 25.0 Å². The number of rotatable bonds is 6. The molecule has 3 nitrogen and oxygen atoms in total. The van der Waals surface area contributed by atoms with Crippen LogP contribution >= 0.6 is 0 Å². The fourth-order valence-electron chi connectivity index (χ4n) is 2.83. The quantitative estimate of drug-likeness (QED) is 0.863. The number of hydrogen-bond donors (Lipinski definition) is 1. The molecule has 0 aromatic heterocycles. The van der Waals surface area contributed by atoms with Crippen LogP contribution in [0.25, 0.3) is 0 Å². The molecule has 0 saturated carbocycles. The maximum Gasteiger partial charge on any atom is 0.119 e. The van der Waals surface area contributed by atoms with E-state index in [1.54, 1.807) is 7.11 Å². The van der Waals surface area contributed by atoms with E-state index in [2.05, 4.69) is 35.3 Å². The summed E-state index contributed by atoms with van der Waals surface area (Å²) in [5.41, 5.74) is 1.29. The van der Waals surface area contributed by atoms with Gasteiger partial charge in [0.2, 0.25) is 0 Å². The van der Waals surface area contributed by atoms with E-state index in [9.17, 15) is 0 Å². The molecular weight excluding hydrogens is 248 g/mol. The van der Waals surface area contributed by atoms with Crippen molar-refractivity contribution in [2.75, 3.05) is 33.3 Å². The van der Waals surface area contributed by atoms with Gasteiger partial charge < -0.3 is 15.0 Å². The molecule has 0 aliphatic carbocycles. The number of ether oxygens (including phenoxy) is 1. The number of methoxy groups -OCH3 is 1. The van der Waals surface area contributed by atoms with Gasteiger partial charge in [0.1, 0.15) is 5.75 Å². The molecule has 1 fully saturated rings. The molecule has 0 amide bonds. The molecule has 0 bridgehead atoms. The van der Waals surface area contributed by atoms with E-state index >= 15 is 0 Å². The van der Waals surface area contributed by atoms with Crippen LogP contribution in [0.2, 0.25) is 0 Å². The van der Waals surface area contributed by atoms with Crippen LogP contribution in [0, 0.1) is 0 Å². The third-order valence-corrected chi connectivity index (χ3v) is 4.17. The van der Waals surface area contributed by atoms with Crippen molar-refractivity contribution >= 4 is 0 Å². The first-order chi connectivity index (χ1) is 9.79. The fourth-order valence-corrected chi connectivity index (χ4v) is 2.83. The molecular formula is C17H28N2O. The molecule has 112 valence electrons. The number of nitrogens with one attached hydrogen (secondary N) is 1. The van der Waals surface area contributed by atoms with Crippen molar-refractivity contribution in [3.63, 3.8) is 0 Å². The van der Waals surface area contributed by atoms with Crippen LogP contribution in [0.15, 0.2) is 24.3 Å². The summed E-state index contributed by atoms with van der Waals surface area (Å²) in [7, 11) is 1.72. The van der Waals surface area contributed by atoms with Gasteiger partial charge >= 0.3 is 0 Å². The Hall–Kier alpha value is -1.06. The summed E-state index contributed by atoms with van der Waals surface area (Å²) in [6, 6.07) is 8.70. The highest BCUT2D eigenvalue weighted by atomic mass is 16.5. The Bertz CT molecular complexity index is 386. The molecule has 1 atom stereocenters.